The van der Waals surface area contributed by atoms with Crippen molar-refractivity contribution in [3.63, 3.8) is 0 Å². The molecule has 1 aromatic rings. The second-order valence-electron chi connectivity index (χ2n) is 2.83. The summed E-state index contributed by atoms with van der Waals surface area (Å²) in [6.07, 6.45) is -4.43. The van der Waals surface area contributed by atoms with Crippen LogP contribution in [0, 0.1) is 0 Å². The number of aromatic carboxylic acids is 1. The third kappa shape index (κ3) is 2.07. The third-order valence-electron chi connectivity index (χ3n) is 1.78. The molecule has 14 heavy (non-hydrogen) atoms. The number of carboxylic acids is 1. The quantitative estimate of drug-likeness (QED) is 0.679. The molecule has 1 rings (SSSR count). The maximum atomic E-state index is 12.2. The van der Waals surface area contributed by atoms with E-state index in [0.29, 0.717) is 0 Å². The predicted octanol–water partition coefficient (Wildman–Crippen LogP) is 0.662. The van der Waals surface area contributed by atoms with E-state index in [4.69, 9.17) is 5.11 Å². The molecular formula is C8H6BF3O2. The van der Waals surface area contributed by atoms with Gasteiger partial charge in [0.25, 0.3) is 0 Å². The molecule has 6 heteroatoms. The van der Waals surface area contributed by atoms with E-state index in [1.54, 1.807) is 0 Å². The molecule has 0 heterocycles. The van der Waals surface area contributed by atoms with Gasteiger partial charge in [0.1, 0.15) is 7.85 Å². The van der Waals surface area contributed by atoms with Crippen LogP contribution in [-0.2, 0) is 6.18 Å². The maximum Gasteiger partial charge on any atom is 0.415 e. The largest absolute Gasteiger partial charge is 0.478 e. The molecule has 0 aliphatic carbocycles. The zero-order chi connectivity index (χ0) is 10.9. The van der Waals surface area contributed by atoms with Gasteiger partial charge in [-0.2, -0.15) is 13.2 Å². The van der Waals surface area contributed by atoms with E-state index in [1.807, 2.05) is 0 Å². The Morgan fingerprint density at radius 2 is 1.93 bits per heavy atom. The van der Waals surface area contributed by atoms with Gasteiger partial charge in [-0.1, -0.05) is 11.5 Å². The van der Waals surface area contributed by atoms with Crippen LogP contribution in [0.1, 0.15) is 15.9 Å². The Morgan fingerprint density at radius 3 is 2.29 bits per heavy atom. The molecule has 0 fully saturated rings. The summed E-state index contributed by atoms with van der Waals surface area (Å²) in [6.45, 7) is 0. The SMILES string of the molecule is Bc1cc(C(=O)O)ccc1C(F)(F)F. The number of hydrogen-bond donors (Lipinski definition) is 1. The monoisotopic (exact) mass is 202 g/mol. The minimum atomic E-state index is -4.43. The summed E-state index contributed by atoms with van der Waals surface area (Å²) in [5, 5.41) is 8.52. The first-order valence-electron chi connectivity index (χ1n) is 3.73. The Kier molecular flexibility index (Phi) is 2.55. The van der Waals surface area contributed by atoms with Crippen LogP contribution in [0.15, 0.2) is 18.2 Å². The van der Waals surface area contributed by atoms with Gasteiger partial charge < -0.3 is 5.11 Å². The van der Waals surface area contributed by atoms with Crippen LogP contribution in [0.3, 0.4) is 0 Å². The minimum Gasteiger partial charge on any atom is -0.478 e. The van der Waals surface area contributed by atoms with Crippen LogP contribution >= 0.6 is 0 Å². The average molecular weight is 202 g/mol. The second-order valence-corrected chi connectivity index (χ2v) is 2.83. The lowest BCUT2D eigenvalue weighted by molar-refractivity contribution is -0.136. The first-order chi connectivity index (χ1) is 6.32. The summed E-state index contributed by atoms with van der Waals surface area (Å²) >= 11 is 0. The van der Waals surface area contributed by atoms with Crippen molar-refractivity contribution < 1.29 is 23.1 Å². The Morgan fingerprint density at radius 1 is 1.36 bits per heavy atom. The van der Waals surface area contributed by atoms with Crippen LogP contribution < -0.4 is 5.46 Å². The zero-order valence-electron chi connectivity index (χ0n) is 7.22. The molecule has 0 aliphatic heterocycles. The first-order valence-corrected chi connectivity index (χ1v) is 3.73. The van der Waals surface area contributed by atoms with Gasteiger partial charge in [-0.3, -0.25) is 0 Å². The van der Waals surface area contributed by atoms with Crippen LogP contribution in [0.25, 0.3) is 0 Å². The van der Waals surface area contributed by atoms with Gasteiger partial charge in [-0.25, -0.2) is 4.79 Å². The smallest absolute Gasteiger partial charge is 0.415 e. The van der Waals surface area contributed by atoms with E-state index in [1.165, 1.54) is 7.85 Å². The van der Waals surface area contributed by atoms with Gasteiger partial charge in [-0.15, -0.1) is 0 Å². The maximum absolute atomic E-state index is 12.2. The van der Waals surface area contributed by atoms with Crippen molar-refractivity contribution in [1.82, 2.24) is 0 Å². The fourth-order valence-electron chi connectivity index (χ4n) is 1.11. The molecule has 0 atom stereocenters. The normalized spacial score (nSPS) is 11.4. The summed E-state index contributed by atoms with van der Waals surface area (Å²) in [5.74, 6) is -1.23. The molecular weight excluding hydrogens is 196 g/mol. The van der Waals surface area contributed by atoms with Crippen LogP contribution in [0.2, 0.25) is 0 Å². The molecule has 0 unspecified atom stereocenters. The predicted molar refractivity (Wildman–Crippen MR) is 46.6 cm³/mol. The lowest BCUT2D eigenvalue weighted by Crippen LogP contribution is -2.20. The topological polar surface area (TPSA) is 37.3 Å². The number of rotatable bonds is 1. The minimum absolute atomic E-state index is 0.0857. The van der Waals surface area contributed by atoms with Gasteiger partial charge in [-0.05, 0) is 12.1 Å². The summed E-state index contributed by atoms with van der Waals surface area (Å²) in [5.41, 5.74) is -1.03. The molecule has 2 nitrogen and oxygen atoms in total. The van der Waals surface area contributed by atoms with Gasteiger partial charge in [0.05, 0.1) is 5.56 Å². The van der Waals surface area contributed by atoms with Crippen LogP contribution in [-0.4, -0.2) is 18.9 Å². The Bertz CT molecular complexity index is 373. The second kappa shape index (κ2) is 3.36. The molecule has 0 aromatic heterocycles. The van der Waals surface area contributed by atoms with Crippen LogP contribution in [0.4, 0.5) is 13.2 Å². The van der Waals surface area contributed by atoms with E-state index < -0.39 is 17.7 Å². The van der Waals surface area contributed by atoms with Crippen molar-refractivity contribution in [2.45, 2.75) is 6.18 Å². The van der Waals surface area contributed by atoms with Gasteiger partial charge in [0.2, 0.25) is 0 Å². The summed E-state index contributed by atoms with van der Waals surface area (Å²) < 4.78 is 36.7. The summed E-state index contributed by atoms with van der Waals surface area (Å²) in [7, 11) is 1.23. The highest BCUT2D eigenvalue weighted by Gasteiger charge is 2.32. The van der Waals surface area contributed by atoms with Crippen molar-refractivity contribution in [2.75, 3.05) is 0 Å². The number of carboxylic acid groups (broad SMARTS) is 1. The molecule has 1 N–H and O–H groups in total. The van der Waals surface area contributed by atoms with Crippen molar-refractivity contribution in [2.24, 2.45) is 0 Å². The van der Waals surface area contributed by atoms with Crippen LogP contribution in [0.5, 0.6) is 0 Å². The average Bonchev–Trinajstić information content (AvgIpc) is 2.01. The van der Waals surface area contributed by atoms with E-state index in [-0.39, 0.29) is 11.0 Å². The molecule has 0 spiro atoms. The molecule has 74 valence electrons. The number of hydrogen-bond acceptors (Lipinski definition) is 1. The lowest BCUT2D eigenvalue weighted by atomic mass is 9.88. The van der Waals surface area contributed by atoms with Crippen molar-refractivity contribution in [3.8, 4) is 0 Å². The van der Waals surface area contributed by atoms with E-state index in [2.05, 4.69) is 0 Å². The lowest BCUT2D eigenvalue weighted by Gasteiger charge is -2.10. The fourth-order valence-corrected chi connectivity index (χ4v) is 1.11. The molecule has 1 aromatic carbocycles. The molecule has 0 aliphatic rings. The number of alkyl halides is 3. The Labute approximate surface area is 78.8 Å². The van der Waals surface area contributed by atoms with Gasteiger partial charge >= 0.3 is 12.1 Å². The molecule has 0 radical (unpaired) electrons. The number of benzene rings is 1. The molecule has 0 saturated carbocycles. The molecule has 0 saturated heterocycles. The number of halogens is 3. The van der Waals surface area contributed by atoms with Crippen molar-refractivity contribution >= 4 is 19.3 Å². The summed E-state index contributed by atoms with van der Waals surface area (Å²) in [6, 6.07) is 2.72. The highest BCUT2D eigenvalue weighted by molar-refractivity contribution is 6.33. The summed E-state index contributed by atoms with van der Waals surface area (Å²) in [4.78, 5) is 10.4. The Balaban J connectivity index is 3.21. The molecule has 0 amide bonds. The zero-order valence-corrected chi connectivity index (χ0v) is 7.22. The van der Waals surface area contributed by atoms with Gasteiger partial charge in [0, 0.05) is 5.56 Å². The van der Waals surface area contributed by atoms with E-state index in [0.717, 1.165) is 18.2 Å². The number of carbonyl (C=O) groups is 1. The fraction of sp³-hybridized carbons (Fsp3) is 0.125. The van der Waals surface area contributed by atoms with Gasteiger partial charge in [0.15, 0.2) is 0 Å². The van der Waals surface area contributed by atoms with E-state index in [9.17, 15) is 18.0 Å². The first kappa shape index (κ1) is 10.6. The highest BCUT2D eigenvalue weighted by Crippen LogP contribution is 2.27. The standard InChI is InChI=1S/C8H6BF3O2/c9-6-3-4(7(13)14)1-2-5(6)8(10,11)12/h1-3H,9H2,(H,13,14). The highest BCUT2D eigenvalue weighted by atomic mass is 19.4. The van der Waals surface area contributed by atoms with Crippen molar-refractivity contribution in [1.29, 1.82) is 0 Å². The van der Waals surface area contributed by atoms with Crippen molar-refractivity contribution in [3.05, 3.63) is 29.3 Å². The van der Waals surface area contributed by atoms with E-state index >= 15 is 0 Å². The third-order valence-corrected chi connectivity index (χ3v) is 1.78. The Hall–Kier alpha value is -1.46. The molecule has 0 bridgehead atoms.